The van der Waals surface area contributed by atoms with Gasteiger partial charge in [-0.25, -0.2) is 0 Å². The van der Waals surface area contributed by atoms with Crippen molar-refractivity contribution < 1.29 is 9.47 Å². The Balaban J connectivity index is 2.14. The number of piperidine rings is 1. The molecular formula is C14H20Cl2N2O2. The van der Waals surface area contributed by atoms with Crippen molar-refractivity contribution in [2.24, 2.45) is 5.73 Å². The number of benzene rings is 1. The standard InChI is InChI=1S/C14H20Cl2N2O2/c1-19-13-8-18(4-3-12(13)17)7-9-5-10(15)6-11(16)14(9)20-2/h5-6,12-13H,3-4,7-8,17H2,1-2H3/t12-,13+/m1/s1. The van der Waals surface area contributed by atoms with Crippen molar-refractivity contribution in [1.29, 1.82) is 0 Å². The van der Waals surface area contributed by atoms with Gasteiger partial charge in [-0.1, -0.05) is 23.2 Å². The van der Waals surface area contributed by atoms with Gasteiger partial charge >= 0.3 is 0 Å². The lowest BCUT2D eigenvalue weighted by Crippen LogP contribution is -2.51. The van der Waals surface area contributed by atoms with E-state index in [-0.39, 0.29) is 12.1 Å². The predicted octanol–water partition coefficient (Wildman–Crippen LogP) is 2.55. The van der Waals surface area contributed by atoms with E-state index in [0.717, 1.165) is 31.6 Å². The maximum Gasteiger partial charge on any atom is 0.142 e. The number of nitrogens with zero attached hydrogens (tertiary/aromatic N) is 1. The van der Waals surface area contributed by atoms with Gasteiger partial charge < -0.3 is 15.2 Å². The van der Waals surface area contributed by atoms with E-state index in [1.807, 2.05) is 6.07 Å². The van der Waals surface area contributed by atoms with Crippen LogP contribution in [-0.2, 0) is 11.3 Å². The number of halogens is 2. The highest BCUT2D eigenvalue weighted by Crippen LogP contribution is 2.33. The Hall–Kier alpha value is -0.520. The molecule has 2 rings (SSSR count). The smallest absolute Gasteiger partial charge is 0.142 e. The van der Waals surface area contributed by atoms with Gasteiger partial charge in [-0.3, -0.25) is 4.90 Å². The Labute approximate surface area is 129 Å². The summed E-state index contributed by atoms with van der Waals surface area (Å²) < 4.78 is 10.8. The van der Waals surface area contributed by atoms with Gasteiger partial charge in [-0.15, -0.1) is 0 Å². The van der Waals surface area contributed by atoms with Gasteiger partial charge in [0.2, 0.25) is 0 Å². The van der Waals surface area contributed by atoms with E-state index in [1.54, 1.807) is 20.3 Å². The zero-order chi connectivity index (χ0) is 14.7. The summed E-state index contributed by atoms with van der Waals surface area (Å²) in [7, 11) is 3.31. The van der Waals surface area contributed by atoms with Crippen molar-refractivity contribution in [3.8, 4) is 5.75 Å². The van der Waals surface area contributed by atoms with Gasteiger partial charge in [-0.05, 0) is 18.6 Å². The summed E-state index contributed by atoms with van der Waals surface area (Å²) in [5.41, 5.74) is 7.01. The second kappa shape index (κ2) is 6.96. The van der Waals surface area contributed by atoms with E-state index >= 15 is 0 Å². The molecular weight excluding hydrogens is 299 g/mol. The van der Waals surface area contributed by atoms with Crippen molar-refractivity contribution in [2.45, 2.75) is 25.1 Å². The highest BCUT2D eigenvalue weighted by molar-refractivity contribution is 6.35. The maximum absolute atomic E-state index is 6.16. The molecule has 0 amide bonds. The molecule has 1 saturated heterocycles. The van der Waals surface area contributed by atoms with E-state index < -0.39 is 0 Å². The van der Waals surface area contributed by atoms with Gasteiger partial charge in [-0.2, -0.15) is 0 Å². The summed E-state index contributed by atoms with van der Waals surface area (Å²) in [5, 5.41) is 1.15. The molecule has 1 fully saturated rings. The largest absolute Gasteiger partial charge is 0.495 e. The monoisotopic (exact) mass is 318 g/mol. The van der Waals surface area contributed by atoms with Crippen molar-refractivity contribution >= 4 is 23.2 Å². The average molecular weight is 319 g/mol. The normalized spacial score (nSPS) is 23.9. The Morgan fingerprint density at radius 1 is 1.35 bits per heavy atom. The Morgan fingerprint density at radius 2 is 2.10 bits per heavy atom. The molecule has 0 aliphatic carbocycles. The fourth-order valence-corrected chi connectivity index (χ4v) is 3.20. The van der Waals surface area contributed by atoms with Crippen LogP contribution in [0.25, 0.3) is 0 Å². The van der Waals surface area contributed by atoms with E-state index in [4.69, 9.17) is 38.4 Å². The number of rotatable bonds is 4. The molecule has 2 N–H and O–H groups in total. The van der Waals surface area contributed by atoms with Crippen LogP contribution >= 0.6 is 23.2 Å². The van der Waals surface area contributed by atoms with Gasteiger partial charge in [0.05, 0.1) is 18.2 Å². The number of methoxy groups -OCH3 is 2. The SMILES string of the molecule is COc1c(Cl)cc(Cl)cc1CN1CC[C@@H](N)[C@@H](OC)C1. The number of hydrogen-bond donors (Lipinski definition) is 1. The summed E-state index contributed by atoms with van der Waals surface area (Å²) >= 11 is 12.2. The molecule has 0 aromatic heterocycles. The van der Waals surface area contributed by atoms with Crippen molar-refractivity contribution in [3.05, 3.63) is 27.7 Å². The topological polar surface area (TPSA) is 47.7 Å². The lowest BCUT2D eigenvalue weighted by atomic mass is 10.0. The number of nitrogens with two attached hydrogens (primary N) is 1. The van der Waals surface area contributed by atoms with Crippen LogP contribution in [-0.4, -0.2) is 44.4 Å². The lowest BCUT2D eigenvalue weighted by molar-refractivity contribution is 0.0138. The second-order valence-corrected chi connectivity index (χ2v) is 5.89. The molecule has 1 aliphatic heterocycles. The third-order valence-electron chi connectivity index (χ3n) is 3.68. The molecule has 4 nitrogen and oxygen atoms in total. The van der Waals surface area contributed by atoms with Crippen molar-refractivity contribution in [1.82, 2.24) is 4.90 Å². The quantitative estimate of drug-likeness (QED) is 0.926. The number of hydrogen-bond acceptors (Lipinski definition) is 4. The zero-order valence-electron chi connectivity index (χ0n) is 11.7. The first-order valence-electron chi connectivity index (χ1n) is 6.57. The van der Waals surface area contributed by atoms with E-state index in [2.05, 4.69) is 4.90 Å². The van der Waals surface area contributed by atoms with E-state index in [0.29, 0.717) is 15.8 Å². The van der Waals surface area contributed by atoms with E-state index in [9.17, 15) is 0 Å². The lowest BCUT2D eigenvalue weighted by Gasteiger charge is -2.36. The minimum Gasteiger partial charge on any atom is -0.495 e. The molecule has 0 saturated carbocycles. The third kappa shape index (κ3) is 3.57. The summed E-state index contributed by atoms with van der Waals surface area (Å²) in [6.45, 7) is 2.44. The third-order valence-corrected chi connectivity index (χ3v) is 4.18. The summed E-state index contributed by atoms with van der Waals surface area (Å²) in [4.78, 5) is 2.28. The van der Waals surface area contributed by atoms with Gasteiger partial charge in [0.1, 0.15) is 5.75 Å². The van der Waals surface area contributed by atoms with E-state index in [1.165, 1.54) is 0 Å². The Bertz CT molecular complexity index is 471. The van der Waals surface area contributed by atoms with Gasteiger partial charge in [0, 0.05) is 43.4 Å². The second-order valence-electron chi connectivity index (χ2n) is 5.04. The molecule has 1 aromatic rings. The van der Waals surface area contributed by atoms with Crippen LogP contribution in [0.15, 0.2) is 12.1 Å². The fourth-order valence-electron chi connectivity index (χ4n) is 2.59. The molecule has 0 spiro atoms. The van der Waals surface area contributed by atoms with Crippen LogP contribution in [0.3, 0.4) is 0 Å². The minimum absolute atomic E-state index is 0.0596. The molecule has 112 valence electrons. The first-order valence-corrected chi connectivity index (χ1v) is 7.33. The number of ether oxygens (including phenoxy) is 2. The molecule has 0 unspecified atom stereocenters. The molecule has 2 atom stereocenters. The summed E-state index contributed by atoms with van der Waals surface area (Å²) in [6, 6.07) is 3.68. The maximum atomic E-state index is 6.16. The highest BCUT2D eigenvalue weighted by Gasteiger charge is 2.27. The van der Waals surface area contributed by atoms with Crippen LogP contribution in [0.2, 0.25) is 10.0 Å². The summed E-state index contributed by atoms with van der Waals surface area (Å²) in [6.07, 6.45) is 0.971. The molecule has 20 heavy (non-hydrogen) atoms. The highest BCUT2D eigenvalue weighted by atomic mass is 35.5. The Morgan fingerprint density at radius 3 is 2.75 bits per heavy atom. The molecule has 1 heterocycles. The van der Waals surface area contributed by atoms with Crippen molar-refractivity contribution in [3.63, 3.8) is 0 Å². The van der Waals surface area contributed by atoms with Gasteiger partial charge in [0.25, 0.3) is 0 Å². The van der Waals surface area contributed by atoms with Crippen LogP contribution in [0, 0.1) is 0 Å². The molecule has 0 radical (unpaired) electrons. The predicted molar refractivity (Wildman–Crippen MR) is 81.7 cm³/mol. The van der Waals surface area contributed by atoms with Crippen LogP contribution < -0.4 is 10.5 Å². The summed E-state index contributed by atoms with van der Waals surface area (Å²) in [5.74, 6) is 0.680. The first-order chi connectivity index (χ1) is 9.55. The molecule has 0 bridgehead atoms. The molecule has 1 aliphatic rings. The number of likely N-dealkylation sites (tertiary alicyclic amines) is 1. The molecule has 1 aromatic carbocycles. The Kier molecular flexibility index (Phi) is 5.52. The van der Waals surface area contributed by atoms with Crippen molar-refractivity contribution in [2.75, 3.05) is 27.3 Å². The molecule has 6 heteroatoms. The fraction of sp³-hybridized carbons (Fsp3) is 0.571. The van der Waals surface area contributed by atoms with Crippen LogP contribution in [0.4, 0.5) is 0 Å². The minimum atomic E-state index is 0.0596. The van der Waals surface area contributed by atoms with Gasteiger partial charge in [0.15, 0.2) is 0 Å². The first kappa shape index (κ1) is 15.9. The zero-order valence-corrected chi connectivity index (χ0v) is 13.2. The van der Waals surface area contributed by atoms with Crippen LogP contribution in [0.1, 0.15) is 12.0 Å². The average Bonchev–Trinajstić information content (AvgIpc) is 2.40. The van der Waals surface area contributed by atoms with Crippen LogP contribution in [0.5, 0.6) is 5.75 Å².